The number of amides is 1. The average molecular weight is 943 g/mol. The molecule has 0 bridgehead atoms. The predicted octanol–water partition coefficient (Wildman–Crippen LogP) is 18.4. The Labute approximate surface area is 417 Å². The Kier molecular flexibility index (Phi) is 55.0. The van der Waals surface area contributed by atoms with Crippen molar-refractivity contribution in [3.05, 3.63) is 36.5 Å². The van der Waals surface area contributed by atoms with E-state index in [0.29, 0.717) is 19.4 Å². The van der Waals surface area contributed by atoms with Gasteiger partial charge in [-0.1, -0.05) is 275 Å². The van der Waals surface area contributed by atoms with Gasteiger partial charge in [0.25, 0.3) is 0 Å². The van der Waals surface area contributed by atoms with Gasteiger partial charge in [-0.25, -0.2) is 0 Å². The van der Waals surface area contributed by atoms with Crippen molar-refractivity contribution in [1.82, 2.24) is 5.32 Å². The summed E-state index contributed by atoms with van der Waals surface area (Å²) in [5, 5.41) is 23.1. The summed E-state index contributed by atoms with van der Waals surface area (Å²) in [6, 6.07) is -0.631. The molecule has 0 aliphatic rings. The van der Waals surface area contributed by atoms with E-state index in [0.717, 1.165) is 51.4 Å². The fourth-order valence-corrected chi connectivity index (χ4v) is 9.08. The second kappa shape index (κ2) is 56.7. The zero-order chi connectivity index (χ0) is 48.6. The summed E-state index contributed by atoms with van der Waals surface area (Å²) in [5.74, 6) is -0.0726. The highest BCUT2D eigenvalue weighted by Gasteiger charge is 2.18. The fourth-order valence-electron chi connectivity index (χ4n) is 9.08. The number of ether oxygens (including phenoxy) is 1. The first-order valence-corrected chi connectivity index (χ1v) is 29.8. The molecule has 1 amide bonds. The molecule has 6 heteroatoms. The van der Waals surface area contributed by atoms with Crippen LogP contribution in [0.4, 0.5) is 0 Å². The maximum absolute atomic E-state index is 12.4. The molecule has 0 aliphatic heterocycles. The highest BCUT2D eigenvalue weighted by Crippen LogP contribution is 2.17. The minimum absolute atomic E-state index is 0.000918. The molecular weight excluding hydrogens is 827 g/mol. The Hall–Kier alpha value is -1.92. The number of aliphatic hydroxyl groups is 2. The van der Waals surface area contributed by atoms with Crippen LogP contribution in [0.15, 0.2) is 36.5 Å². The number of allylic oxidation sites excluding steroid dienone is 5. The summed E-state index contributed by atoms with van der Waals surface area (Å²) in [7, 11) is 0. The van der Waals surface area contributed by atoms with E-state index >= 15 is 0 Å². The molecule has 0 aromatic carbocycles. The predicted molar refractivity (Wildman–Crippen MR) is 292 cm³/mol. The second-order valence-electron chi connectivity index (χ2n) is 20.3. The lowest BCUT2D eigenvalue weighted by Crippen LogP contribution is -2.45. The van der Waals surface area contributed by atoms with Gasteiger partial charge in [-0.2, -0.15) is 0 Å². The van der Waals surface area contributed by atoms with Crippen molar-refractivity contribution in [3.63, 3.8) is 0 Å². The van der Waals surface area contributed by atoms with Crippen LogP contribution in [0.5, 0.6) is 0 Å². The van der Waals surface area contributed by atoms with Gasteiger partial charge in [0.15, 0.2) is 0 Å². The minimum Gasteiger partial charge on any atom is -0.466 e. The van der Waals surface area contributed by atoms with Crippen LogP contribution in [0.25, 0.3) is 0 Å². The lowest BCUT2D eigenvalue weighted by Gasteiger charge is -2.20. The van der Waals surface area contributed by atoms with Crippen LogP contribution in [0, 0.1) is 0 Å². The largest absolute Gasteiger partial charge is 0.466 e. The van der Waals surface area contributed by atoms with E-state index in [9.17, 15) is 19.8 Å². The average Bonchev–Trinajstić information content (AvgIpc) is 3.33. The van der Waals surface area contributed by atoms with Crippen LogP contribution < -0.4 is 5.32 Å². The Morgan fingerprint density at radius 1 is 0.418 bits per heavy atom. The molecule has 2 atom stereocenters. The number of carbonyl (C=O) groups excluding carboxylic acids is 2. The SMILES string of the molecule is CCCCCC/C=C\C/C=C\CCCCCCCCCC(=O)OCCCCCCCCCCCCCCCCCCCCC(=O)NC(CO)C(O)/C=C/CCCCCCCCCCCCCC. The fraction of sp³-hybridized carbons (Fsp3) is 0.869. The zero-order valence-electron chi connectivity index (χ0n) is 44.9. The minimum atomic E-state index is -0.847. The molecule has 394 valence electrons. The van der Waals surface area contributed by atoms with Gasteiger partial charge >= 0.3 is 5.97 Å². The molecule has 67 heavy (non-hydrogen) atoms. The standard InChI is InChI=1S/C61H115NO5/c1-3-5-7-9-11-13-15-17-19-20-24-27-31-35-39-43-47-51-55-61(66)67-56-52-48-44-40-36-32-28-25-22-21-23-26-30-34-38-42-46-50-54-60(65)62-58(57-63)59(64)53-49-45-41-37-33-29-18-16-14-12-10-8-6-4-2/h13,15,19-20,49,53,58-59,63-64H,3-12,14,16-18,21-48,50-52,54-57H2,1-2H3,(H,62,65)/b15-13-,20-19-,53-49+. The Bertz CT molecular complexity index is 1090. The van der Waals surface area contributed by atoms with Crippen LogP contribution in [0.1, 0.15) is 316 Å². The van der Waals surface area contributed by atoms with Crippen LogP contribution >= 0.6 is 0 Å². The monoisotopic (exact) mass is 942 g/mol. The third kappa shape index (κ3) is 53.3. The van der Waals surface area contributed by atoms with Crippen LogP contribution in [0.2, 0.25) is 0 Å². The van der Waals surface area contributed by atoms with Gasteiger partial charge in [-0.05, 0) is 64.2 Å². The molecule has 0 aliphatic carbocycles. The van der Waals surface area contributed by atoms with Crippen molar-refractivity contribution in [2.45, 2.75) is 328 Å². The molecule has 6 nitrogen and oxygen atoms in total. The molecule has 0 radical (unpaired) electrons. The third-order valence-electron chi connectivity index (χ3n) is 13.7. The molecule has 2 unspecified atom stereocenters. The Morgan fingerprint density at radius 2 is 0.746 bits per heavy atom. The smallest absolute Gasteiger partial charge is 0.305 e. The second-order valence-corrected chi connectivity index (χ2v) is 20.3. The van der Waals surface area contributed by atoms with Crippen LogP contribution in [0.3, 0.4) is 0 Å². The molecule has 0 rings (SSSR count). The molecule has 3 N–H and O–H groups in total. The van der Waals surface area contributed by atoms with Crippen LogP contribution in [-0.2, 0) is 14.3 Å². The van der Waals surface area contributed by atoms with E-state index in [1.807, 2.05) is 6.08 Å². The van der Waals surface area contributed by atoms with Crippen molar-refractivity contribution in [3.8, 4) is 0 Å². The molecular formula is C61H115NO5. The normalized spacial score (nSPS) is 12.8. The summed E-state index contributed by atoms with van der Waals surface area (Å²) in [6.45, 7) is 4.88. The number of hydrogen-bond acceptors (Lipinski definition) is 5. The third-order valence-corrected chi connectivity index (χ3v) is 13.7. The lowest BCUT2D eigenvalue weighted by molar-refractivity contribution is -0.143. The van der Waals surface area contributed by atoms with Crippen molar-refractivity contribution in [2.24, 2.45) is 0 Å². The number of aliphatic hydroxyl groups excluding tert-OH is 2. The van der Waals surface area contributed by atoms with Gasteiger partial charge < -0.3 is 20.3 Å². The van der Waals surface area contributed by atoms with Gasteiger partial charge in [0, 0.05) is 12.8 Å². The molecule has 0 aromatic rings. The lowest BCUT2D eigenvalue weighted by atomic mass is 10.0. The summed E-state index contributed by atoms with van der Waals surface area (Å²) in [6.07, 6.45) is 70.2. The summed E-state index contributed by atoms with van der Waals surface area (Å²) >= 11 is 0. The van der Waals surface area contributed by atoms with E-state index < -0.39 is 12.1 Å². The first kappa shape index (κ1) is 65.1. The first-order valence-electron chi connectivity index (χ1n) is 29.8. The maximum Gasteiger partial charge on any atom is 0.305 e. The van der Waals surface area contributed by atoms with Crippen molar-refractivity contribution in [1.29, 1.82) is 0 Å². The van der Waals surface area contributed by atoms with E-state index in [1.54, 1.807) is 6.08 Å². The van der Waals surface area contributed by atoms with Gasteiger partial charge in [-0.15, -0.1) is 0 Å². The zero-order valence-corrected chi connectivity index (χ0v) is 44.9. The van der Waals surface area contributed by atoms with E-state index in [1.165, 1.54) is 238 Å². The van der Waals surface area contributed by atoms with E-state index in [4.69, 9.17) is 4.74 Å². The number of carbonyl (C=O) groups is 2. The first-order chi connectivity index (χ1) is 33.0. The number of hydrogen-bond donors (Lipinski definition) is 3. The summed E-state index contributed by atoms with van der Waals surface area (Å²) in [4.78, 5) is 24.5. The molecule has 0 heterocycles. The van der Waals surface area contributed by atoms with Crippen molar-refractivity contribution in [2.75, 3.05) is 13.2 Å². The summed E-state index contributed by atoms with van der Waals surface area (Å²) < 4.78 is 5.49. The molecule has 0 aromatic heterocycles. The highest BCUT2D eigenvalue weighted by atomic mass is 16.5. The van der Waals surface area contributed by atoms with Crippen molar-refractivity contribution < 1.29 is 24.5 Å². The number of rotatable bonds is 55. The topological polar surface area (TPSA) is 95.9 Å². The Balaban J connectivity index is 3.42. The molecule has 0 saturated heterocycles. The van der Waals surface area contributed by atoms with E-state index in [2.05, 4.69) is 43.5 Å². The van der Waals surface area contributed by atoms with E-state index in [-0.39, 0.29) is 18.5 Å². The van der Waals surface area contributed by atoms with Gasteiger partial charge in [0.05, 0.1) is 25.4 Å². The quantitative estimate of drug-likeness (QED) is 0.0321. The molecule has 0 spiro atoms. The number of esters is 1. The van der Waals surface area contributed by atoms with Crippen molar-refractivity contribution >= 4 is 11.9 Å². The van der Waals surface area contributed by atoms with Gasteiger partial charge in [0.2, 0.25) is 5.91 Å². The van der Waals surface area contributed by atoms with Gasteiger partial charge in [0.1, 0.15) is 0 Å². The molecule has 0 saturated carbocycles. The highest BCUT2D eigenvalue weighted by molar-refractivity contribution is 5.76. The molecule has 0 fully saturated rings. The number of nitrogens with one attached hydrogen (secondary N) is 1. The Morgan fingerprint density at radius 3 is 1.15 bits per heavy atom. The summed E-state index contributed by atoms with van der Waals surface area (Å²) in [5.41, 5.74) is 0. The van der Waals surface area contributed by atoms with Gasteiger partial charge in [-0.3, -0.25) is 9.59 Å². The van der Waals surface area contributed by atoms with Crippen LogP contribution in [-0.4, -0.2) is 47.4 Å². The number of unbranched alkanes of at least 4 members (excludes halogenated alkanes) is 40. The maximum atomic E-state index is 12.4.